The second kappa shape index (κ2) is 3.48. The zero-order valence-electron chi connectivity index (χ0n) is 8.85. The van der Waals surface area contributed by atoms with Crippen LogP contribution in [0.2, 0.25) is 0 Å². The monoisotopic (exact) mass is 267 g/mol. The Balaban J connectivity index is 2.20. The maximum Gasteiger partial charge on any atom is 0.217 e. The largest absolute Gasteiger partial charge is 0.477 e. The van der Waals surface area contributed by atoms with Crippen molar-refractivity contribution >= 4 is 15.9 Å². The minimum Gasteiger partial charge on any atom is -0.477 e. The fraction of sp³-hybridized carbons (Fsp3) is 0.583. The molecule has 0 radical (unpaired) electrons. The molecule has 3 rings (SSSR count). The normalized spacial score (nSPS) is 23.2. The Morgan fingerprint density at radius 1 is 1.33 bits per heavy atom. The Hall–Kier alpha value is -0.570. The van der Waals surface area contributed by atoms with Gasteiger partial charge in [-0.05, 0) is 53.1 Å². The SMILES string of the molecule is CC1CCc2c1nc1c(c2Br)CCCO1. The maximum atomic E-state index is 5.64. The first-order chi connectivity index (χ1) is 7.27. The summed E-state index contributed by atoms with van der Waals surface area (Å²) < 4.78 is 6.91. The molecule has 0 N–H and O–H groups in total. The predicted molar refractivity (Wildman–Crippen MR) is 62.5 cm³/mol. The van der Waals surface area contributed by atoms with Gasteiger partial charge < -0.3 is 4.74 Å². The summed E-state index contributed by atoms with van der Waals surface area (Å²) in [5.74, 6) is 1.47. The van der Waals surface area contributed by atoms with Crippen molar-refractivity contribution in [2.24, 2.45) is 0 Å². The van der Waals surface area contributed by atoms with E-state index >= 15 is 0 Å². The summed E-state index contributed by atoms with van der Waals surface area (Å²) in [6.07, 6.45) is 4.60. The lowest BCUT2D eigenvalue weighted by atomic mass is 10.0. The van der Waals surface area contributed by atoms with Gasteiger partial charge in [-0.3, -0.25) is 0 Å². The Labute approximate surface area is 98.2 Å². The standard InChI is InChI=1S/C12H14BrNO/c1-7-4-5-8-10(13)9-3-2-6-15-12(9)14-11(7)8/h7H,2-6H2,1H3. The fourth-order valence-corrected chi connectivity index (χ4v) is 3.30. The van der Waals surface area contributed by atoms with E-state index in [2.05, 4.69) is 27.8 Å². The molecular weight excluding hydrogens is 254 g/mol. The second-order valence-electron chi connectivity index (χ2n) is 4.47. The number of rotatable bonds is 0. The highest BCUT2D eigenvalue weighted by molar-refractivity contribution is 9.10. The summed E-state index contributed by atoms with van der Waals surface area (Å²) >= 11 is 3.73. The number of hydrogen-bond donors (Lipinski definition) is 0. The van der Waals surface area contributed by atoms with Crippen molar-refractivity contribution in [1.29, 1.82) is 0 Å². The van der Waals surface area contributed by atoms with Gasteiger partial charge in [0, 0.05) is 10.0 Å². The molecule has 0 fully saturated rings. The van der Waals surface area contributed by atoms with E-state index in [1.165, 1.54) is 27.7 Å². The molecule has 3 heteroatoms. The lowest BCUT2D eigenvalue weighted by Crippen LogP contribution is -2.12. The van der Waals surface area contributed by atoms with E-state index in [4.69, 9.17) is 4.74 Å². The minimum absolute atomic E-state index is 0.590. The Kier molecular flexibility index (Phi) is 2.23. The molecule has 1 unspecified atom stereocenters. The lowest BCUT2D eigenvalue weighted by molar-refractivity contribution is 0.274. The molecule has 0 saturated carbocycles. The van der Waals surface area contributed by atoms with Crippen molar-refractivity contribution in [3.05, 3.63) is 21.3 Å². The molecule has 0 aromatic carbocycles. The van der Waals surface area contributed by atoms with Gasteiger partial charge in [-0.2, -0.15) is 0 Å². The zero-order chi connectivity index (χ0) is 10.4. The van der Waals surface area contributed by atoms with Crippen LogP contribution in [0.3, 0.4) is 0 Å². The molecule has 2 nitrogen and oxygen atoms in total. The van der Waals surface area contributed by atoms with Gasteiger partial charge in [0.15, 0.2) is 0 Å². The van der Waals surface area contributed by atoms with Gasteiger partial charge in [-0.1, -0.05) is 6.92 Å². The van der Waals surface area contributed by atoms with Gasteiger partial charge in [0.2, 0.25) is 5.88 Å². The van der Waals surface area contributed by atoms with Crippen molar-refractivity contribution in [1.82, 2.24) is 4.98 Å². The van der Waals surface area contributed by atoms with Gasteiger partial charge in [0.25, 0.3) is 0 Å². The second-order valence-corrected chi connectivity index (χ2v) is 5.26. The molecule has 1 aromatic rings. The zero-order valence-corrected chi connectivity index (χ0v) is 10.4. The van der Waals surface area contributed by atoms with Crippen LogP contribution < -0.4 is 4.74 Å². The molecule has 2 aliphatic rings. The van der Waals surface area contributed by atoms with Crippen LogP contribution in [0.25, 0.3) is 0 Å². The van der Waals surface area contributed by atoms with Crippen LogP contribution in [0, 0.1) is 0 Å². The molecule has 2 heterocycles. The van der Waals surface area contributed by atoms with E-state index in [1.807, 2.05) is 0 Å². The molecule has 80 valence electrons. The van der Waals surface area contributed by atoms with Crippen LogP contribution in [-0.2, 0) is 12.8 Å². The molecule has 1 aliphatic carbocycles. The first kappa shape index (κ1) is 9.64. The van der Waals surface area contributed by atoms with Gasteiger partial charge >= 0.3 is 0 Å². The van der Waals surface area contributed by atoms with Crippen molar-refractivity contribution in [2.45, 2.75) is 38.5 Å². The number of ether oxygens (including phenoxy) is 1. The van der Waals surface area contributed by atoms with E-state index in [1.54, 1.807) is 0 Å². The van der Waals surface area contributed by atoms with E-state index in [0.29, 0.717) is 5.92 Å². The topological polar surface area (TPSA) is 22.1 Å². The first-order valence-corrected chi connectivity index (χ1v) is 6.40. The van der Waals surface area contributed by atoms with Crippen LogP contribution in [0.5, 0.6) is 5.88 Å². The molecule has 1 atom stereocenters. The van der Waals surface area contributed by atoms with E-state index < -0.39 is 0 Å². The molecule has 15 heavy (non-hydrogen) atoms. The van der Waals surface area contributed by atoms with E-state index in [9.17, 15) is 0 Å². The number of pyridine rings is 1. The van der Waals surface area contributed by atoms with Crippen LogP contribution in [-0.4, -0.2) is 11.6 Å². The Morgan fingerprint density at radius 3 is 3.07 bits per heavy atom. The molecule has 0 saturated heterocycles. The highest BCUT2D eigenvalue weighted by Gasteiger charge is 2.27. The maximum absolute atomic E-state index is 5.64. The van der Waals surface area contributed by atoms with Crippen molar-refractivity contribution in [2.75, 3.05) is 6.61 Å². The molecule has 1 aliphatic heterocycles. The van der Waals surface area contributed by atoms with E-state index in [0.717, 1.165) is 31.7 Å². The molecule has 0 amide bonds. The van der Waals surface area contributed by atoms with Crippen LogP contribution >= 0.6 is 15.9 Å². The highest BCUT2D eigenvalue weighted by Crippen LogP contribution is 2.41. The average Bonchev–Trinajstić information content (AvgIpc) is 2.62. The Morgan fingerprint density at radius 2 is 2.20 bits per heavy atom. The lowest BCUT2D eigenvalue weighted by Gasteiger charge is -2.20. The summed E-state index contributed by atoms with van der Waals surface area (Å²) in [7, 11) is 0. The van der Waals surface area contributed by atoms with Crippen molar-refractivity contribution in [3.8, 4) is 5.88 Å². The summed E-state index contributed by atoms with van der Waals surface area (Å²) in [6.45, 7) is 3.07. The summed E-state index contributed by atoms with van der Waals surface area (Å²) in [5, 5.41) is 0. The van der Waals surface area contributed by atoms with Gasteiger partial charge in [0.05, 0.1) is 12.3 Å². The molecule has 1 aromatic heterocycles. The molecule has 0 bridgehead atoms. The highest BCUT2D eigenvalue weighted by atomic mass is 79.9. The summed E-state index contributed by atoms with van der Waals surface area (Å²) in [4.78, 5) is 4.68. The average molecular weight is 268 g/mol. The first-order valence-electron chi connectivity index (χ1n) is 5.61. The predicted octanol–water partition coefficient (Wildman–Crippen LogP) is 3.22. The van der Waals surface area contributed by atoms with Crippen molar-refractivity contribution < 1.29 is 4.74 Å². The third kappa shape index (κ3) is 1.40. The number of hydrogen-bond acceptors (Lipinski definition) is 2. The van der Waals surface area contributed by atoms with E-state index in [-0.39, 0.29) is 0 Å². The summed E-state index contributed by atoms with van der Waals surface area (Å²) in [5.41, 5.74) is 3.96. The number of halogens is 1. The molecule has 0 spiro atoms. The number of aromatic nitrogens is 1. The Bertz CT molecular complexity index is 413. The minimum atomic E-state index is 0.590. The van der Waals surface area contributed by atoms with Crippen molar-refractivity contribution in [3.63, 3.8) is 0 Å². The quantitative estimate of drug-likeness (QED) is 0.720. The third-order valence-corrected chi connectivity index (χ3v) is 4.38. The third-order valence-electron chi connectivity index (χ3n) is 3.42. The smallest absolute Gasteiger partial charge is 0.217 e. The summed E-state index contributed by atoms with van der Waals surface area (Å²) in [6, 6.07) is 0. The van der Waals surface area contributed by atoms with Gasteiger partial charge in [-0.25, -0.2) is 4.98 Å². The molecular formula is C12H14BrNO. The van der Waals surface area contributed by atoms with Crippen LogP contribution in [0.1, 0.15) is 42.5 Å². The fourth-order valence-electron chi connectivity index (χ4n) is 2.53. The van der Waals surface area contributed by atoms with Crippen LogP contribution in [0.15, 0.2) is 4.47 Å². The van der Waals surface area contributed by atoms with Gasteiger partial charge in [-0.15, -0.1) is 0 Å². The van der Waals surface area contributed by atoms with Crippen LogP contribution in [0.4, 0.5) is 0 Å². The number of nitrogens with zero attached hydrogens (tertiary/aromatic N) is 1. The number of fused-ring (bicyclic) bond motifs is 2. The van der Waals surface area contributed by atoms with Gasteiger partial charge in [0.1, 0.15) is 0 Å².